The molecule has 0 aliphatic heterocycles. The molecule has 0 bridgehead atoms. The van der Waals surface area contributed by atoms with Gasteiger partial charge in [0.05, 0.1) is 5.02 Å². The van der Waals surface area contributed by atoms with E-state index in [1.807, 2.05) is 0 Å². The lowest BCUT2D eigenvalue weighted by Crippen LogP contribution is -2.08. The zero-order valence-electron chi connectivity index (χ0n) is 5.07. The Bertz CT molecular complexity index is 219. The van der Waals surface area contributed by atoms with Gasteiger partial charge in [0.15, 0.2) is 0 Å². The van der Waals surface area contributed by atoms with Gasteiger partial charge in [0, 0.05) is 0 Å². The molecule has 0 saturated heterocycles. The van der Waals surface area contributed by atoms with Gasteiger partial charge in [-0.3, -0.25) is 5.84 Å². The average molecular weight is 161 g/mol. The highest BCUT2D eigenvalue weighted by Crippen LogP contribution is 2.22. The van der Waals surface area contributed by atoms with Gasteiger partial charge in [0.25, 0.3) is 0 Å². The molecular weight excluding hydrogens is 155 g/mol. The number of nitrogens with one attached hydrogen (secondary N) is 1. The van der Waals surface area contributed by atoms with Crippen molar-refractivity contribution in [3.8, 4) is 0 Å². The van der Waals surface area contributed by atoms with Crippen LogP contribution in [0.25, 0.3) is 0 Å². The maximum atomic E-state index is 12.6. The first-order valence-electron chi connectivity index (χ1n) is 2.66. The third-order valence-electron chi connectivity index (χ3n) is 1.11. The summed E-state index contributed by atoms with van der Waals surface area (Å²) >= 11 is 5.55. The van der Waals surface area contributed by atoms with Crippen LogP contribution in [0.15, 0.2) is 18.2 Å². The lowest BCUT2D eigenvalue weighted by atomic mass is 10.3. The molecule has 2 nitrogen and oxygen atoms in total. The Kier molecular flexibility index (Phi) is 2.09. The number of benzene rings is 1. The number of halogens is 2. The Balaban J connectivity index is 3.17. The molecule has 0 aliphatic carbocycles. The third-order valence-corrected chi connectivity index (χ3v) is 1.42. The Labute approximate surface area is 62.8 Å². The molecule has 0 spiro atoms. The molecule has 0 aliphatic rings. The van der Waals surface area contributed by atoms with E-state index in [-0.39, 0.29) is 10.7 Å². The normalized spacial score (nSPS) is 9.50. The number of anilines is 1. The molecule has 54 valence electrons. The summed E-state index contributed by atoms with van der Waals surface area (Å²) in [6, 6.07) is 4.35. The van der Waals surface area contributed by atoms with Crippen LogP contribution in [0.5, 0.6) is 0 Å². The van der Waals surface area contributed by atoms with Gasteiger partial charge in [-0.1, -0.05) is 17.7 Å². The van der Waals surface area contributed by atoms with E-state index in [9.17, 15) is 4.39 Å². The second-order valence-corrected chi connectivity index (χ2v) is 2.15. The standard InChI is InChI=1S/C6H6ClFN2/c7-4-2-1-3-5(8)6(4)10-9/h1-3,10H,9H2. The molecule has 1 rings (SSSR count). The number of hydrogen-bond donors (Lipinski definition) is 2. The second-order valence-electron chi connectivity index (χ2n) is 1.74. The van der Waals surface area contributed by atoms with Gasteiger partial charge in [0.1, 0.15) is 11.5 Å². The van der Waals surface area contributed by atoms with Crippen LogP contribution in [0.4, 0.5) is 10.1 Å². The summed E-state index contributed by atoms with van der Waals surface area (Å²) in [4.78, 5) is 0. The fourth-order valence-corrected chi connectivity index (χ4v) is 0.853. The summed E-state index contributed by atoms with van der Waals surface area (Å²) in [6.07, 6.45) is 0. The van der Waals surface area contributed by atoms with Gasteiger partial charge in [-0.05, 0) is 12.1 Å². The van der Waals surface area contributed by atoms with Crippen LogP contribution in [0.1, 0.15) is 0 Å². The summed E-state index contributed by atoms with van der Waals surface area (Å²) in [7, 11) is 0. The molecule has 0 aromatic heterocycles. The van der Waals surface area contributed by atoms with Crippen molar-refractivity contribution in [1.29, 1.82) is 0 Å². The van der Waals surface area contributed by atoms with Gasteiger partial charge in [-0.15, -0.1) is 0 Å². The molecule has 0 unspecified atom stereocenters. The van der Waals surface area contributed by atoms with Gasteiger partial charge < -0.3 is 5.43 Å². The molecule has 0 heterocycles. The summed E-state index contributed by atoms with van der Waals surface area (Å²) < 4.78 is 12.6. The summed E-state index contributed by atoms with van der Waals surface area (Å²) in [5.41, 5.74) is 2.29. The lowest BCUT2D eigenvalue weighted by molar-refractivity contribution is 0.631. The quantitative estimate of drug-likeness (QED) is 0.485. The molecule has 0 amide bonds. The zero-order chi connectivity index (χ0) is 7.56. The molecule has 3 N–H and O–H groups in total. The smallest absolute Gasteiger partial charge is 0.149 e. The van der Waals surface area contributed by atoms with Crippen molar-refractivity contribution in [3.63, 3.8) is 0 Å². The SMILES string of the molecule is NNc1c(F)cccc1Cl. The van der Waals surface area contributed by atoms with Crippen molar-refractivity contribution in [1.82, 2.24) is 0 Å². The average Bonchev–Trinajstić information content (AvgIpc) is 1.88. The first-order valence-corrected chi connectivity index (χ1v) is 3.04. The molecule has 10 heavy (non-hydrogen) atoms. The second kappa shape index (κ2) is 2.86. The summed E-state index contributed by atoms with van der Waals surface area (Å²) in [5.74, 6) is 4.53. The van der Waals surface area contributed by atoms with E-state index >= 15 is 0 Å². The number of nitrogens with two attached hydrogens (primary N) is 1. The highest BCUT2D eigenvalue weighted by Gasteiger charge is 2.02. The molecular formula is C6H6ClFN2. The topological polar surface area (TPSA) is 38.0 Å². The van der Waals surface area contributed by atoms with Crippen LogP contribution in [-0.4, -0.2) is 0 Å². The molecule has 1 aromatic rings. The molecule has 0 fully saturated rings. The maximum Gasteiger partial charge on any atom is 0.149 e. The van der Waals surface area contributed by atoms with Crippen LogP contribution in [0.3, 0.4) is 0 Å². The van der Waals surface area contributed by atoms with Crippen LogP contribution in [0.2, 0.25) is 5.02 Å². The van der Waals surface area contributed by atoms with E-state index in [1.165, 1.54) is 12.1 Å². The van der Waals surface area contributed by atoms with Crippen molar-refractivity contribution in [2.24, 2.45) is 5.84 Å². The number of para-hydroxylation sites is 1. The maximum absolute atomic E-state index is 12.6. The van der Waals surface area contributed by atoms with Crippen molar-refractivity contribution in [2.75, 3.05) is 5.43 Å². The van der Waals surface area contributed by atoms with Gasteiger partial charge in [0.2, 0.25) is 0 Å². The number of hydrazine groups is 1. The lowest BCUT2D eigenvalue weighted by Gasteiger charge is -2.02. The van der Waals surface area contributed by atoms with E-state index in [0.29, 0.717) is 0 Å². The Morgan fingerprint density at radius 2 is 2.20 bits per heavy atom. The highest BCUT2D eigenvalue weighted by molar-refractivity contribution is 6.33. The first-order chi connectivity index (χ1) is 4.75. The van der Waals surface area contributed by atoms with Gasteiger partial charge >= 0.3 is 0 Å². The largest absolute Gasteiger partial charge is 0.320 e. The predicted molar refractivity (Wildman–Crippen MR) is 39.2 cm³/mol. The molecule has 0 radical (unpaired) electrons. The fraction of sp³-hybridized carbons (Fsp3) is 0. The van der Waals surface area contributed by atoms with Crippen molar-refractivity contribution < 1.29 is 4.39 Å². The van der Waals surface area contributed by atoms with Crippen molar-refractivity contribution in [3.05, 3.63) is 29.0 Å². The van der Waals surface area contributed by atoms with E-state index in [0.717, 1.165) is 0 Å². The van der Waals surface area contributed by atoms with Crippen LogP contribution in [0, 0.1) is 5.82 Å². The van der Waals surface area contributed by atoms with Crippen LogP contribution < -0.4 is 11.3 Å². The number of hydrogen-bond acceptors (Lipinski definition) is 2. The monoisotopic (exact) mass is 160 g/mol. The minimum absolute atomic E-state index is 0.129. The zero-order valence-corrected chi connectivity index (χ0v) is 5.82. The van der Waals surface area contributed by atoms with E-state index in [2.05, 4.69) is 5.43 Å². The van der Waals surface area contributed by atoms with Crippen molar-refractivity contribution in [2.45, 2.75) is 0 Å². The molecule has 1 aromatic carbocycles. The van der Waals surface area contributed by atoms with Crippen LogP contribution >= 0.6 is 11.6 Å². The van der Waals surface area contributed by atoms with Crippen molar-refractivity contribution >= 4 is 17.3 Å². The molecule has 0 saturated carbocycles. The molecule has 0 atom stereocenters. The first kappa shape index (κ1) is 7.31. The Hall–Kier alpha value is -0.800. The number of nitrogen functional groups attached to an aromatic ring is 1. The molecule has 4 heteroatoms. The van der Waals surface area contributed by atoms with E-state index in [4.69, 9.17) is 17.4 Å². The van der Waals surface area contributed by atoms with E-state index in [1.54, 1.807) is 6.07 Å². The number of rotatable bonds is 1. The van der Waals surface area contributed by atoms with Gasteiger partial charge in [-0.2, -0.15) is 0 Å². The fourth-order valence-electron chi connectivity index (χ4n) is 0.636. The Morgan fingerprint density at radius 3 is 2.60 bits per heavy atom. The Morgan fingerprint density at radius 1 is 1.50 bits per heavy atom. The summed E-state index contributed by atoms with van der Waals surface area (Å²) in [6.45, 7) is 0. The van der Waals surface area contributed by atoms with Crippen LogP contribution in [-0.2, 0) is 0 Å². The predicted octanol–water partition coefficient (Wildman–Crippen LogP) is 1.76. The summed E-state index contributed by atoms with van der Waals surface area (Å²) in [5, 5.41) is 0.280. The van der Waals surface area contributed by atoms with E-state index < -0.39 is 5.82 Å². The third kappa shape index (κ3) is 1.20. The van der Waals surface area contributed by atoms with Gasteiger partial charge in [-0.25, -0.2) is 4.39 Å². The highest BCUT2D eigenvalue weighted by atomic mass is 35.5. The minimum atomic E-state index is -0.449. The minimum Gasteiger partial charge on any atom is -0.320 e.